The first-order chi connectivity index (χ1) is 10.4. The van der Waals surface area contributed by atoms with Gasteiger partial charge >= 0.3 is 12.3 Å². The minimum atomic E-state index is -4.59. The number of anilines is 1. The van der Waals surface area contributed by atoms with E-state index in [9.17, 15) is 18.0 Å². The van der Waals surface area contributed by atoms with E-state index >= 15 is 0 Å². The second-order valence-electron chi connectivity index (χ2n) is 4.72. The third-order valence-corrected chi connectivity index (χ3v) is 3.62. The zero-order chi connectivity index (χ0) is 15.9. The average Bonchev–Trinajstić information content (AvgIpc) is 2.46. The van der Waals surface area contributed by atoms with Crippen LogP contribution < -0.4 is 9.64 Å². The van der Waals surface area contributed by atoms with Crippen molar-refractivity contribution < 1.29 is 22.7 Å². The number of hydrogen-bond acceptors (Lipinski definition) is 2. The number of amides is 1. The highest BCUT2D eigenvalue weighted by molar-refractivity contribution is 6.31. The van der Waals surface area contributed by atoms with Crippen molar-refractivity contribution in [1.29, 1.82) is 0 Å². The Balaban J connectivity index is 2.00. The predicted octanol–water partition coefficient (Wildman–Crippen LogP) is 4.88. The lowest BCUT2D eigenvalue weighted by atomic mass is 10.1. The molecule has 7 heteroatoms. The van der Waals surface area contributed by atoms with Gasteiger partial charge in [0.1, 0.15) is 5.75 Å². The Morgan fingerprint density at radius 3 is 2.59 bits per heavy atom. The van der Waals surface area contributed by atoms with E-state index in [-0.39, 0.29) is 12.2 Å². The molecule has 1 heterocycles. The fourth-order valence-corrected chi connectivity index (χ4v) is 2.44. The molecule has 0 saturated heterocycles. The molecule has 0 spiro atoms. The van der Waals surface area contributed by atoms with Crippen LogP contribution in [0.2, 0.25) is 5.02 Å². The second-order valence-corrected chi connectivity index (χ2v) is 5.13. The van der Waals surface area contributed by atoms with Crippen LogP contribution in [0, 0.1) is 0 Å². The molecule has 1 amide bonds. The van der Waals surface area contributed by atoms with Gasteiger partial charge in [-0.2, -0.15) is 13.2 Å². The first kappa shape index (κ1) is 14.7. The van der Waals surface area contributed by atoms with Crippen molar-refractivity contribution in [3.05, 3.63) is 58.6 Å². The van der Waals surface area contributed by atoms with Gasteiger partial charge in [-0.1, -0.05) is 29.8 Å². The molecule has 0 aliphatic carbocycles. The summed E-state index contributed by atoms with van der Waals surface area (Å²) in [6.07, 6.45) is -5.32. The summed E-state index contributed by atoms with van der Waals surface area (Å²) in [6.45, 7) is 0.133. The van der Waals surface area contributed by atoms with Crippen molar-refractivity contribution in [2.45, 2.75) is 12.7 Å². The second kappa shape index (κ2) is 5.21. The molecule has 1 aliphatic rings. The number of alkyl halides is 3. The van der Waals surface area contributed by atoms with Crippen molar-refractivity contribution >= 4 is 23.4 Å². The largest absolute Gasteiger partial charge is 0.420 e. The summed E-state index contributed by atoms with van der Waals surface area (Å²) in [7, 11) is 0. The molecule has 1 aliphatic heterocycles. The molecule has 0 radical (unpaired) electrons. The standard InChI is InChI=1S/C15H9ClF3NO2/c16-12-6-5-10(7-11(12)15(17,18)19)20-8-9-3-1-2-4-13(9)22-14(20)21/h1-7H,8H2. The molecule has 0 N–H and O–H groups in total. The quantitative estimate of drug-likeness (QED) is 0.747. The Bertz CT molecular complexity index is 746. The minimum Gasteiger partial charge on any atom is -0.410 e. The molecule has 0 atom stereocenters. The van der Waals surface area contributed by atoms with Crippen molar-refractivity contribution in [3.8, 4) is 5.75 Å². The van der Waals surface area contributed by atoms with Crippen molar-refractivity contribution in [3.63, 3.8) is 0 Å². The Hall–Kier alpha value is -2.21. The smallest absolute Gasteiger partial charge is 0.410 e. The number of fused-ring (bicyclic) bond motifs is 1. The molecule has 3 rings (SSSR count). The van der Waals surface area contributed by atoms with Crippen LogP contribution in [-0.4, -0.2) is 6.09 Å². The highest BCUT2D eigenvalue weighted by Gasteiger charge is 2.35. The van der Waals surface area contributed by atoms with Gasteiger partial charge in [0.2, 0.25) is 0 Å². The van der Waals surface area contributed by atoms with Gasteiger partial charge in [0.25, 0.3) is 0 Å². The van der Waals surface area contributed by atoms with E-state index in [0.717, 1.165) is 17.0 Å². The van der Waals surface area contributed by atoms with Crippen molar-refractivity contribution in [2.24, 2.45) is 0 Å². The number of para-hydroxylation sites is 1. The van der Waals surface area contributed by atoms with Crippen LogP contribution in [0.25, 0.3) is 0 Å². The van der Waals surface area contributed by atoms with Gasteiger partial charge in [-0.3, -0.25) is 4.90 Å². The molecular weight excluding hydrogens is 319 g/mol. The number of carbonyl (C=O) groups excluding carboxylic acids is 1. The van der Waals surface area contributed by atoms with Crippen LogP contribution in [0.5, 0.6) is 5.75 Å². The Labute approximate surface area is 128 Å². The molecule has 2 aromatic rings. The molecule has 114 valence electrons. The Morgan fingerprint density at radius 1 is 1.14 bits per heavy atom. The molecule has 0 saturated carbocycles. The highest BCUT2D eigenvalue weighted by atomic mass is 35.5. The zero-order valence-corrected chi connectivity index (χ0v) is 11.8. The fraction of sp³-hybridized carbons (Fsp3) is 0.133. The lowest BCUT2D eigenvalue weighted by Gasteiger charge is -2.28. The van der Waals surface area contributed by atoms with Gasteiger partial charge in [0, 0.05) is 11.3 Å². The first-order valence-electron chi connectivity index (χ1n) is 6.30. The van der Waals surface area contributed by atoms with Gasteiger partial charge in [-0.05, 0) is 24.3 Å². The number of benzene rings is 2. The van der Waals surface area contributed by atoms with Gasteiger partial charge in [-0.15, -0.1) is 0 Å². The molecular formula is C15H9ClF3NO2. The zero-order valence-electron chi connectivity index (χ0n) is 11.0. The maximum absolute atomic E-state index is 12.9. The van der Waals surface area contributed by atoms with E-state index in [1.165, 1.54) is 6.07 Å². The highest BCUT2D eigenvalue weighted by Crippen LogP contribution is 2.38. The molecule has 2 aromatic carbocycles. The van der Waals surface area contributed by atoms with Crippen LogP contribution >= 0.6 is 11.6 Å². The van der Waals surface area contributed by atoms with E-state index in [1.807, 2.05) is 0 Å². The van der Waals surface area contributed by atoms with E-state index in [1.54, 1.807) is 24.3 Å². The van der Waals surface area contributed by atoms with Crippen molar-refractivity contribution in [2.75, 3.05) is 4.90 Å². The van der Waals surface area contributed by atoms with Crippen LogP contribution in [-0.2, 0) is 12.7 Å². The SMILES string of the molecule is O=C1Oc2ccccc2CN1c1ccc(Cl)c(C(F)(F)F)c1. The summed E-state index contributed by atoms with van der Waals surface area (Å²) >= 11 is 5.58. The predicted molar refractivity (Wildman–Crippen MR) is 75.1 cm³/mol. The molecule has 3 nitrogen and oxygen atoms in total. The summed E-state index contributed by atoms with van der Waals surface area (Å²) in [4.78, 5) is 13.1. The fourth-order valence-electron chi connectivity index (χ4n) is 2.21. The maximum atomic E-state index is 12.9. The molecule has 0 aromatic heterocycles. The van der Waals surface area contributed by atoms with E-state index in [2.05, 4.69) is 0 Å². The Morgan fingerprint density at radius 2 is 1.86 bits per heavy atom. The van der Waals surface area contributed by atoms with E-state index in [0.29, 0.717) is 11.3 Å². The first-order valence-corrected chi connectivity index (χ1v) is 6.68. The van der Waals surface area contributed by atoms with Gasteiger partial charge in [0.05, 0.1) is 17.1 Å². The summed E-state index contributed by atoms with van der Waals surface area (Å²) in [5.41, 5.74) is -0.194. The van der Waals surface area contributed by atoms with Crippen LogP contribution in [0.4, 0.5) is 23.7 Å². The maximum Gasteiger partial charge on any atom is 0.420 e. The summed E-state index contributed by atoms with van der Waals surface area (Å²) in [6, 6.07) is 10.2. The van der Waals surface area contributed by atoms with Crippen LogP contribution in [0.3, 0.4) is 0 Å². The number of hydrogen-bond donors (Lipinski definition) is 0. The summed E-state index contributed by atoms with van der Waals surface area (Å²) in [5.74, 6) is 0.411. The van der Waals surface area contributed by atoms with E-state index in [4.69, 9.17) is 16.3 Å². The monoisotopic (exact) mass is 327 g/mol. The number of halogens is 4. The number of nitrogens with zero attached hydrogens (tertiary/aromatic N) is 1. The van der Waals surface area contributed by atoms with Gasteiger partial charge < -0.3 is 4.74 Å². The molecule has 0 fully saturated rings. The topological polar surface area (TPSA) is 29.5 Å². The van der Waals surface area contributed by atoms with Gasteiger partial charge in [0.15, 0.2) is 0 Å². The normalized spacial score (nSPS) is 14.5. The molecule has 22 heavy (non-hydrogen) atoms. The van der Waals surface area contributed by atoms with Crippen LogP contribution in [0.15, 0.2) is 42.5 Å². The third kappa shape index (κ3) is 2.62. The van der Waals surface area contributed by atoms with Gasteiger partial charge in [-0.25, -0.2) is 4.79 Å². The number of rotatable bonds is 1. The third-order valence-electron chi connectivity index (χ3n) is 3.29. The molecule has 0 unspecified atom stereocenters. The summed E-state index contributed by atoms with van der Waals surface area (Å²) in [5, 5.41) is -0.415. The number of carbonyl (C=O) groups is 1. The minimum absolute atomic E-state index is 0.0798. The molecule has 0 bridgehead atoms. The average molecular weight is 328 g/mol. The Kier molecular flexibility index (Phi) is 3.48. The summed E-state index contributed by atoms with van der Waals surface area (Å²) < 4.78 is 43.9. The van der Waals surface area contributed by atoms with E-state index < -0.39 is 22.9 Å². The van der Waals surface area contributed by atoms with Crippen molar-refractivity contribution in [1.82, 2.24) is 0 Å². The van der Waals surface area contributed by atoms with Crippen LogP contribution in [0.1, 0.15) is 11.1 Å². The lowest BCUT2D eigenvalue weighted by Crippen LogP contribution is -2.37. The number of ether oxygens (including phenoxy) is 1. The lowest BCUT2D eigenvalue weighted by molar-refractivity contribution is -0.137.